The van der Waals surface area contributed by atoms with Gasteiger partial charge >= 0.3 is 0 Å². The Bertz CT molecular complexity index is 802. The highest BCUT2D eigenvalue weighted by molar-refractivity contribution is 6.31. The van der Waals surface area contributed by atoms with E-state index in [1.54, 1.807) is 0 Å². The summed E-state index contributed by atoms with van der Waals surface area (Å²) < 4.78 is 5.41. The van der Waals surface area contributed by atoms with Gasteiger partial charge in [0.15, 0.2) is 0 Å². The number of halogens is 1. The van der Waals surface area contributed by atoms with E-state index in [-0.39, 0.29) is 17.7 Å². The van der Waals surface area contributed by atoms with Crippen LogP contribution in [0.25, 0.3) is 0 Å². The molecule has 2 aromatic carbocycles. The Labute approximate surface area is 165 Å². The summed E-state index contributed by atoms with van der Waals surface area (Å²) in [5.41, 5.74) is 3.47. The van der Waals surface area contributed by atoms with Crippen molar-refractivity contribution in [2.45, 2.75) is 18.9 Å². The molecule has 4 rings (SSSR count). The van der Waals surface area contributed by atoms with Gasteiger partial charge < -0.3 is 14.5 Å². The van der Waals surface area contributed by atoms with Crippen molar-refractivity contribution in [2.75, 3.05) is 38.3 Å². The standard InChI is InChI=1S/C22H25ClN2O2/c1-24(22(26)20-14-19(20)18-4-2-3-5-21(18)23)15-16-6-8-17(9-7-16)25-10-12-27-13-11-25/h2-9,19-20H,10-15H2,1H3. The molecular weight excluding hydrogens is 360 g/mol. The van der Waals surface area contributed by atoms with E-state index in [0.717, 1.165) is 48.9 Å². The second-order valence-corrected chi connectivity index (χ2v) is 7.84. The van der Waals surface area contributed by atoms with Crippen LogP contribution in [0.4, 0.5) is 5.69 Å². The van der Waals surface area contributed by atoms with Gasteiger partial charge in [-0.3, -0.25) is 4.79 Å². The van der Waals surface area contributed by atoms with Crippen LogP contribution in [0.2, 0.25) is 5.02 Å². The Hall–Kier alpha value is -2.04. The molecule has 0 spiro atoms. The fraction of sp³-hybridized carbons (Fsp3) is 0.409. The lowest BCUT2D eigenvalue weighted by Crippen LogP contribution is -2.36. The predicted molar refractivity (Wildman–Crippen MR) is 108 cm³/mol. The normalized spacial score (nSPS) is 21.8. The van der Waals surface area contributed by atoms with Crippen LogP contribution in [0, 0.1) is 5.92 Å². The molecule has 4 nitrogen and oxygen atoms in total. The third kappa shape index (κ3) is 4.12. The van der Waals surface area contributed by atoms with E-state index in [1.807, 2.05) is 36.2 Å². The molecule has 1 aliphatic carbocycles. The van der Waals surface area contributed by atoms with Gasteiger partial charge in [0.1, 0.15) is 0 Å². The fourth-order valence-corrected chi connectivity index (χ4v) is 4.13. The van der Waals surface area contributed by atoms with Gasteiger partial charge in [0.25, 0.3) is 0 Å². The zero-order valence-electron chi connectivity index (χ0n) is 15.6. The number of anilines is 1. The van der Waals surface area contributed by atoms with Gasteiger partial charge in [-0.25, -0.2) is 0 Å². The van der Waals surface area contributed by atoms with Crippen molar-refractivity contribution >= 4 is 23.2 Å². The van der Waals surface area contributed by atoms with Gasteiger partial charge in [-0.2, -0.15) is 0 Å². The Morgan fingerprint density at radius 1 is 1.15 bits per heavy atom. The van der Waals surface area contributed by atoms with Gasteiger partial charge in [-0.1, -0.05) is 41.9 Å². The van der Waals surface area contributed by atoms with Crippen LogP contribution in [-0.4, -0.2) is 44.2 Å². The number of nitrogens with zero attached hydrogens (tertiary/aromatic N) is 2. The molecule has 1 amide bonds. The Balaban J connectivity index is 1.34. The van der Waals surface area contributed by atoms with E-state index in [0.29, 0.717) is 6.54 Å². The zero-order chi connectivity index (χ0) is 18.8. The van der Waals surface area contributed by atoms with E-state index >= 15 is 0 Å². The summed E-state index contributed by atoms with van der Waals surface area (Å²) in [4.78, 5) is 17.0. The highest BCUT2D eigenvalue weighted by Crippen LogP contribution is 2.50. The van der Waals surface area contributed by atoms with Crippen LogP contribution in [0.15, 0.2) is 48.5 Å². The fourth-order valence-electron chi connectivity index (χ4n) is 3.86. The van der Waals surface area contributed by atoms with E-state index in [9.17, 15) is 4.79 Å². The summed E-state index contributed by atoms with van der Waals surface area (Å²) in [5, 5.41) is 0.763. The molecule has 27 heavy (non-hydrogen) atoms. The first kappa shape index (κ1) is 18.3. The molecule has 0 radical (unpaired) electrons. The molecule has 2 aliphatic rings. The van der Waals surface area contributed by atoms with Crippen LogP contribution in [0.1, 0.15) is 23.5 Å². The second-order valence-electron chi connectivity index (χ2n) is 7.43. The molecule has 142 valence electrons. The van der Waals surface area contributed by atoms with Gasteiger partial charge in [-0.05, 0) is 41.7 Å². The summed E-state index contributed by atoms with van der Waals surface area (Å²) in [6, 6.07) is 16.4. The molecule has 0 bridgehead atoms. The maximum absolute atomic E-state index is 12.8. The molecule has 0 aromatic heterocycles. The Kier molecular flexibility index (Phi) is 5.37. The monoisotopic (exact) mass is 384 g/mol. The average Bonchev–Trinajstić information content (AvgIpc) is 3.49. The van der Waals surface area contributed by atoms with E-state index in [4.69, 9.17) is 16.3 Å². The first-order chi connectivity index (χ1) is 13.1. The summed E-state index contributed by atoms with van der Waals surface area (Å²) in [6.07, 6.45) is 0.892. The molecule has 1 heterocycles. The molecule has 1 saturated carbocycles. The van der Waals surface area contributed by atoms with Crippen LogP contribution in [0.5, 0.6) is 0 Å². The minimum Gasteiger partial charge on any atom is -0.378 e. The van der Waals surface area contributed by atoms with Crippen molar-refractivity contribution in [3.63, 3.8) is 0 Å². The number of rotatable bonds is 5. The lowest BCUT2D eigenvalue weighted by Gasteiger charge is -2.29. The number of carbonyl (C=O) groups is 1. The zero-order valence-corrected chi connectivity index (χ0v) is 16.4. The van der Waals surface area contributed by atoms with E-state index < -0.39 is 0 Å². The third-order valence-corrected chi connectivity index (χ3v) is 5.87. The molecular formula is C22H25ClN2O2. The van der Waals surface area contributed by atoms with Crippen molar-refractivity contribution in [2.24, 2.45) is 5.92 Å². The summed E-state index contributed by atoms with van der Waals surface area (Å²) >= 11 is 6.28. The maximum atomic E-state index is 12.8. The van der Waals surface area contributed by atoms with Crippen molar-refractivity contribution < 1.29 is 9.53 Å². The topological polar surface area (TPSA) is 32.8 Å². The summed E-state index contributed by atoms with van der Waals surface area (Å²) in [5.74, 6) is 0.525. The first-order valence-corrected chi connectivity index (χ1v) is 9.92. The number of hydrogen-bond acceptors (Lipinski definition) is 3. The average molecular weight is 385 g/mol. The minimum absolute atomic E-state index is 0.0579. The number of morpholine rings is 1. The molecule has 2 unspecified atom stereocenters. The highest BCUT2D eigenvalue weighted by atomic mass is 35.5. The summed E-state index contributed by atoms with van der Waals surface area (Å²) in [7, 11) is 1.89. The quantitative estimate of drug-likeness (QED) is 0.782. The minimum atomic E-state index is 0.0579. The van der Waals surface area contributed by atoms with Gasteiger partial charge in [0.05, 0.1) is 13.2 Å². The van der Waals surface area contributed by atoms with Crippen LogP contribution >= 0.6 is 11.6 Å². The number of benzene rings is 2. The Morgan fingerprint density at radius 3 is 2.56 bits per heavy atom. The van der Waals surface area contributed by atoms with Crippen LogP contribution in [0.3, 0.4) is 0 Å². The Morgan fingerprint density at radius 2 is 1.85 bits per heavy atom. The molecule has 0 N–H and O–H groups in total. The van der Waals surface area contributed by atoms with E-state index in [1.165, 1.54) is 5.69 Å². The molecule has 1 saturated heterocycles. The van der Waals surface area contributed by atoms with Gasteiger partial charge in [0.2, 0.25) is 5.91 Å². The third-order valence-electron chi connectivity index (χ3n) is 5.52. The number of amides is 1. The number of carbonyl (C=O) groups excluding carboxylic acids is 1. The second kappa shape index (κ2) is 7.91. The molecule has 2 atom stereocenters. The largest absolute Gasteiger partial charge is 0.378 e. The molecule has 2 aromatic rings. The smallest absolute Gasteiger partial charge is 0.226 e. The maximum Gasteiger partial charge on any atom is 0.226 e. The SMILES string of the molecule is CN(Cc1ccc(N2CCOCC2)cc1)C(=O)C1CC1c1ccccc1Cl. The van der Waals surface area contributed by atoms with Gasteiger partial charge in [-0.15, -0.1) is 0 Å². The number of hydrogen-bond donors (Lipinski definition) is 0. The van der Waals surface area contributed by atoms with E-state index in [2.05, 4.69) is 29.2 Å². The highest BCUT2D eigenvalue weighted by Gasteiger charge is 2.45. The number of ether oxygens (including phenoxy) is 1. The van der Waals surface area contributed by atoms with Crippen LogP contribution < -0.4 is 4.90 Å². The van der Waals surface area contributed by atoms with Crippen molar-refractivity contribution in [1.29, 1.82) is 0 Å². The van der Waals surface area contributed by atoms with Crippen molar-refractivity contribution in [3.05, 3.63) is 64.7 Å². The lowest BCUT2D eigenvalue weighted by molar-refractivity contribution is -0.131. The lowest BCUT2D eigenvalue weighted by atomic mass is 10.1. The van der Waals surface area contributed by atoms with Crippen molar-refractivity contribution in [1.82, 2.24) is 4.90 Å². The molecule has 2 fully saturated rings. The predicted octanol–water partition coefficient (Wildman–Crippen LogP) is 3.94. The molecule has 1 aliphatic heterocycles. The van der Waals surface area contributed by atoms with Crippen LogP contribution in [-0.2, 0) is 16.1 Å². The first-order valence-electron chi connectivity index (χ1n) is 9.54. The van der Waals surface area contributed by atoms with Crippen molar-refractivity contribution in [3.8, 4) is 0 Å². The van der Waals surface area contributed by atoms with Gasteiger partial charge in [0, 0.05) is 43.3 Å². The molecule has 5 heteroatoms. The summed E-state index contributed by atoms with van der Waals surface area (Å²) in [6.45, 7) is 4.07.